The minimum Gasteiger partial charge on any atom is -0.744 e. The van der Waals surface area contributed by atoms with Crippen LogP contribution in [0.1, 0.15) is 0 Å². The van der Waals surface area contributed by atoms with Crippen LogP contribution in [0.2, 0.25) is 5.02 Å². The van der Waals surface area contributed by atoms with Crippen molar-refractivity contribution in [3.05, 3.63) is 29.3 Å². The molecule has 0 radical (unpaired) electrons. The zero-order valence-corrected chi connectivity index (χ0v) is 8.68. The van der Waals surface area contributed by atoms with Gasteiger partial charge in [0, 0.05) is 5.02 Å². The molecule has 12 heavy (non-hydrogen) atoms. The van der Waals surface area contributed by atoms with Crippen LogP contribution < -0.4 is 0 Å². The summed E-state index contributed by atoms with van der Waals surface area (Å²) in [6.07, 6.45) is 0. The maximum atomic E-state index is 10.4. The molecule has 0 heterocycles. The normalized spacial score (nSPS) is 10.5. The van der Waals surface area contributed by atoms with Gasteiger partial charge < -0.3 is 4.55 Å². The van der Waals surface area contributed by atoms with E-state index >= 15 is 0 Å². The van der Waals surface area contributed by atoms with Gasteiger partial charge in [-0.2, -0.15) is 0 Å². The van der Waals surface area contributed by atoms with E-state index in [0.29, 0.717) is 0 Å². The largest absolute Gasteiger partial charge is 1.00 e. The fourth-order valence-electron chi connectivity index (χ4n) is 0.623. The average Bonchev–Trinajstić information content (AvgIpc) is 1.86. The molecular weight excluding hydrogens is 295 g/mol. The van der Waals surface area contributed by atoms with Crippen molar-refractivity contribution >= 4 is 21.7 Å². The SMILES string of the molecule is O=S(=O)([O-])c1cccc(Cl)c1.[Ag+]. The van der Waals surface area contributed by atoms with Crippen molar-refractivity contribution in [1.82, 2.24) is 0 Å². The summed E-state index contributed by atoms with van der Waals surface area (Å²) in [5, 5.41) is 0.238. The van der Waals surface area contributed by atoms with Gasteiger partial charge in [0.15, 0.2) is 0 Å². The standard InChI is InChI=1S/C6H5ClO3S.Ag/c7-5-2-1-3-6(4-5)11(8,9)10;/h1-4H,(H,8,9,10);/q;+1/p-1. The third-order valence-electron chi connectivity index (χ3n) is 1.08. The third kappa shape index (κ3) is 3.26. The molecule has 0 unspecified atom stereocenters. The molecule has 0 aliphatic heterocycles. The molecule has 0 saturated carbocycles. The van der Waals surface area contributed by atoms with Gasteiger partial charge in [0.2, 0.25) is 0 Å². The minimum atomic E-state index is -4.36. The fourth-order valence-corrected chi connectivity index (χ4v) is 1.39. The Hall–Kier alpha value is 0.160. The van der Waals surface area contributed by atoms with E-state index in [-0.39, 0.29) is 32.3 Å². The van der Waals surface area contributed by atoms with Crippen molar-refractivity contribution in [3.63, 3.8) is 0 Å². The van der Waals surface area contributed by atoms with Gasteiger partial charge in [-0.1, -0.05) is 17.7 Å². The molecule has 0 aliphatic carbocycles. The van der Waals surface area contributed by atoms with Gasteiger partial charge >= 0.3 is 22.4 Å². The second kappa shape index (κ2) is 4.41. The Labute approximate surface area is 91.0 Å². The number of rotatable bonds is 1. The quantitative estimate of drug-likeness (QED) is 0.579. The summed E-state index contributed by atoms with van der Waals surface area (Å²) in [6, 6.07) is 5.22. The molecule has 0 N–H and O–H groups in total. The van der Waals surface area contributed by atoms with Gasteiger partial charge in [0.05, 0.1) is 4.90 Å². The average molecular weight is 299 g/mol. The predicted octanol–water partition coefficient (Wildman–Crippen LogP) is 1.24. The summed E-state index contributed by atoms with van der Waals surface area (Å²) in [6.45, 7) is 0. The van der Waals surface area contributed by atoms with Crippen LogP contribution >= 0.6 is 11.6 Å². The number of halogens is 1. The topological polar surface area (TPSA) is 57.2 Å². The molecule has 0 amide bonds. The zero-order valence-electron chi connectivity index (χ0n) is 5.62. The van der Waals surface area contributed by atoms with Crippen LogP contribution in [-0.2, 0) is 32.5 Å². The van der Waals surface area contributed by atoms with Crippen LogP contribution in [0.3, 0.4) is 0 Å². The van der Waals surface area contributed by atoms with E-state index < -0.39 is 10.1 Å². The zero-order chi connectivity index (χ0) is 8.48. The van der Waals surface area contributed by atoms with Crippen molar-refractivity contribution in [2.75, 3.05) is 0 Å². The molecule has 70 valence electrons. The van der Waals surface area contributed by atoms with E-state index in [0.717, 1.165) is 6.07 Å². The van der Waals surface area contributed by atoms with Crippen molar-refractivity contribution in [1.29, 1.82) is 0 Å². The summed E-state index contributed by atoms with van der Waals surface area (Å²) in [5.74, 6) is 0. The second-order valence-electron chi connectivity index (χ2n) is 1.91. The van der Waals surface area contributed by atoms with E-state index in [1.807, 2.05) is 0 Å². The van der Waals surface area contributed by atoms with Crippen LogP contribution in [0, 0.1) is 0 Å². The molecule has 0 spiro atoms. The molecule has 3 nitrogen and oxygen atoms in total. The maximum Gasteiger partial charge on any atom is 1.00 e. The Bertz CT molecular complexity index is 363. The first kappa shape index (κ1) is 12.2. The monoisotopic (exact) mass is 298 g/mol. The van der Waals surface area contributed by atoms with Crippen molar-refractivity contribution in [2.45, 2.75) is 4.90 Å². The van der Waals surface area contributed by atoms with Gasteiger partial charge in [-0.15, -0.1) is 0 Å². The predicted molar refractivity (Wildman–Crippen MR) is 39.4 cm³/mol. The van der Waals surface area contributed by atoms with Crippen LogP contribution in [0.5, 0.6) is 0 Å². The van der Waals surface area contributed by atoms with Crippen LogP contribution in [0.25, 0.3) is 0 Å². The van der Waals surface area contributed by atoms with E-state index in [9.17, 15) is 13.0 Å². The number of benzene rings is 1. The first-order chi connectivity index (χ1) is 5.00. The number of hydrogen-bond acceptors (Lipinski definition) is 3. The van der Waals surface area contributed by atoms with Crippen LogP contribution in [-0.4, -0.2) is 13.0 Å². The van der Waals surface area contributed by atoms with Gasteiger partial charge in [0.1, 0.15) is 10.1 Å². The van der Waals surface area contributed by atoms with Crippen LogP contribution in [0.4, 0.5) is 0 Å². The van der Waals surface area contributed by atoms with E-state index in [4.69, 9.17) is 11.6 Å². The molecule has 6 heteroatoms. The minimum absolute atomic E-state index is 0. The molecular formula is C6H4AgClO3S. The van der Waals surface area contributed by atoms with E-state index in [1.165, 1.54) is 18.2 Å². The molecule has 0 atom stereocenters. The first-order valence-electron chi connectivity index (χ1n) is 2.71. The van der Waals surface area contributed by atoms with Crippen molar-refractivity contribution in [3.8, 4) is 0 Å². The molecule has 1 aromatic carbocycles. The number of hydrogen-bond donors (Lipinski definition) is 0. The van der Waals surface area contributed by atoms with Gasteiger partial charge in [-0.3, -0.25) is 0 Å². The fraction of sp³-hybridized carbons (Fsp3) is 0. The molecule has 0 aromatic heterocycles. The summed E-state index contributed by atoms with van der Waals surface area (Å²) in [4.78, 5) is -0.301. The summed E-state index contributed by atoms with van der Waals surface area (Å²) in [7, 11) is -4.36. The van der Waals surface area contributed by atoms with E-state index in [1.54, 1.807) is 0 Å². The van der Waals surface area contributed by atoms with Crippen molar-refractivity contribution < 1.29 is 35.4 Å². The molecule has 0 aliphatic rings. The Morgan fingerprint density at radius 3 is 2.25 bits per heavy atom. The third-order valence-corrected chi connectivity index (χ3v) is 2.15. The summed E-state index contributed by atoms with van der Waals surface area (Å²) in [5.41, 5.74) is 0. The first-order valence-corrected chi connectivity index (χ1v) is 4.50. The summed E-state index contributed by atoms with van der Waals surface area (Å²) >= 11 is 5.45. The Kier molecular flexibility index (Phi) is 4.47. The Morgan fingerprint density at radius 2 is 1.92 bits per heavy atom. The molecule has 0 saturated heterocycles. The van der Waals surface area contributed by atoms with Gasteiger partial charge in [-0.25, -0.2) is 8.42 Å². The molecule has 0 bridgehead atoms. The second-order valence-corrected chi connectivity index (χ2v) is 3.73. The summed E-state index contributed by atoms with van der Waals surface area (Å²) < 4.78 is 31.1. The maximum absolute atomic E-state index is 10.4. The smallest absolute Gasteiger partial charge is 0.744 e. The van der Waals surface area contributed by atoms with Crippen molar-refractivity contribution in [2.24, 2.45) is 0 Å². The Morgan fingerprint density at radius 1 is 1.33 bits per heavy atom. The Balaban J connectivity index is 0.00000121. The molecule has 1 rings (SSSR count). The van der Waals surface area contributed by atoms with Crippen LogP contribution in [0.15, 0.2) is 29.2 Å². The van der Waals surface area contributed by atoms with E-state index in [2.05, 4.69) is 0 Å². The molecule has 1 aromatic rings. The van der Waals surface area contributed by atoms with Gasteiger partial charge in [-0.05, 0) is 18.2 Å². The molecule has 0 fully saturated rings. The van der Waals surface area contributed by atoms with Gasteiger partial charge in [0.25, 0.3) is 0 Å².